The van der Waals surface area contributed by atoms with Gasteiger partial charge in [-0.2, -0.15) is 0 Å². The molecule has 0 saturated carbocycles. The number of hydrogen-bond donors (Lipinski definition) is 0. The first-order chi connectivity index (χ1) is 5.68. The SMILES string of the molecule is C[C@@H]1CC=C2[C@H](C)C(=O)O[C@H]2C1. The fraction of sp³-hybridized carbons (Fsp3) is 0.700. The van der Waals surface area contributed by atoms with E-state index in [1.54, 1.807) is 0 Å². The summed E-state index contributed by atoms with van der Waals surface area (Å²) in [6, 6.07) is 0. The van der Waals surface area contributed by atoms with Crippen molar-refractivity contribution in [2.45, 2.75) is 32.8 Å². The molecule has 0 amide bonds. The Labute approximate surface area is 72.6 Å². The van der Waals surface area contributed by atoms with Gasteiger partial charge in [-0.3, -0.25) is 4.79 Å². The molecule has 2 rings (SSSR count). The van der Waals surface area contributed by atoms with Gasteiger partial charge in [0.15, 0.2) is 0 Å². The van der Waals surface area contributed by atoms with Gasteiger partial charge in [0.25, 0.3) is 0 Å². The van der Waals surface area contributed by atoms with Crippen molar-refractivity contribution in [3.8, 4) is 0 Å². The number of carbonyl (C=O) groups is 1. The lowest BCUT2D eigenvalue weighted by Crippen LogP contribution is -2.17. The minimum atomic E-state index is -0.0413. The van der Waals surface area contributed by atoms with Crippen LogP contribution in [0.15, 0.2) is 11.6 Å². The fourth-order valence-electron chi connectivity index (χ4n) is 2.02. The summed E-state index contributed by atoms with van der Waals surface area (Å²) < 4.78 is 5.24. The van der Waals surface area contributed by atoms with E-state index < -0.39 is 0 Å². The van der Waals surface area contributed by atoms with Gasteiger partial charge in [0.2, 0.25) is 0 Å². The van der Waals surface area contributed by atoms with Crippen LogP contribution < -0.4 is 0 Å². The first kappa shape index (κ1) is 7.84. The van der Waals surface area contributed by atoms with E-state index in [-0.39, 0.29) is 18.0 Å². The van der Waals surface area contributed by atoms with E-state index in [9.17, 15) is 4.79 Å². The summed E-state index contributed by atoms with van der Waals surface area (Å²) in [6.07, 6.45) is 4.42. The summed E-state index contributed by atoms with van der Waals surface area (Å²) >= 11 is 0. The molecule has 2 nitrogen and oxygen atoms in total. The zero-order chi connectivity index (χ0) is 8.72. The smallest absolute Gasteiger partial charge is 0.313 e. The quantitative estimate of drug-likeness (QED) is 0.406. The van der Waals surface area contributed by atoms with Gasteiger partial charge >= 0.3 is 5.97 Å². The summed E-state index contributed by atoms with van der Waals surface area (Å²) in [4.78, 5) is 11.2. The molecule has 0 N–H and O–H groups in total. The van der Waals surface area contributed by atoms with Crippen LogP contribution in [0.2, 0.25) is 0 Å². The first-order valence-corrected chi connectivity index (χ1v) is 4.59. The lowest BCUT2D eigenvalue weighted by Gasteiger charge is -2.21. The third-order valence-corrected chi connectivity index (χ3v) is 2.86. The Morgan fingerprint density at radius 3 is 3.00 bits per heavy atom. The molecule has 0 spiro atoms. The van der Waals surface area contributed by atoms with Crippen molar-refractivity contribution in [2.75, 3.05) is 0 Å². The van der Waals surface area contributed by atoms with E-state index in [1.165, 1.54) is 5.57 Å². The van der Waals surface area contributed by atoms with Crippen LogP contribution in [0, 0.1) is 11.8 Å². The van der Waals surface area contributed by atoms with E-state index in [2.05, 4.69) is 13.0 Å². The molecular formula is C10H14O2. The van der Waals surface area contributed by atoms with Crippen molar-refractivity contribution < 1.29 is 9.53 Å². The summed E-state index contributed by atoms with van der Waals surface area (Å²) in [6.45, 7) is 4.13. The minimum Gasteiger partial charge on any atom is -0.457 e. The standard InChI is InChI=1S/C10H14O2/c1-6-3-4-8-7(2)10(11)12-9(8)5-6/h4,6-7,9H,3,5H2,1-2H3/t6-,7+,9+/m1/s1. The third kappa shape index (κ3) is 1.06. The molecule has 1 heterocycles. The Balaban J connectivity index is 2.24. The van der Waals surface area contributed by atoms with E-state index >= 15 is 0 Å². The molecule has 12 heavy (non-hydrogen) atoms. The minimum absolute atomic E-state index is 0.0162. The second kappa shape index (κ2) is 2.61. The van der Waals surface area contributed by atoms with Crippen LogP contribution in [0.1, 0.15) is 26.7 Å². The lowest BCUT2D eigenvalue weighted by molar-refractivity contribution is -0.144. The van der Waals surface area contributed by atoms with Gasteiger partial charge in [-0.05, 0) is 31.3 Å². The second-order valence-electron chi connectivity index (χ2n) is 3.93. The van der Waals surface area contributed by atoms with E-state index in [0.717, 1.165) is 12.8 Å². The highest BCUT2D eigenvalue weighted by atomic mass is 16.6. The summed E-state index contributed by atoms with van der Waals surface area (Å²) in [7, 11) is 0. The molecule has 0 radical (unpaired) electrons. The molecule has 1 aliphatic heterocycles. The van der Waals surface area contributed by atoms with Crippen LogP contribution in [0.5, 0.6) is 0 Å². The summed E-state index contributed by atoms with van der Waals surface area (Å²) in [5.41, 5.74) is 1.22. The Kier molecular flexibility index (Phi) is 1.71. The highest BCUT2D eigenvalue weighted by Gasteiger charge is 2.38. The largest absolute Gasteiger partial charge is 0.457 e. The molecule has 1 aliphatic carbocycles. The number of allylic oxidation sites excluding steroid dienone is 1. The Morgan fingerprint density at radius 1 is 1.50 bits per heavy atom. The predicted octanol–water partition coefficient (Wildman–Crippen LogP) is 1.90. The van der Waals surface area contributed by atoms with Crippen molar-refractivity contribution in [3.05, 3.63) is 11.6 Å². The predicted molar refractivity (Wildman–Crippen MR) is 45.5 cm³/mol. The second-order valence-corrected chi connectivity index (χ2v) is 3.93. The fourth-order valence-corrected chi connectivity index (χ4v) is 2.02. The maximum absolute atomic E-state index is 11.2. The highest BCUT2D eigenvalue weighted by Crippen LogP contribution is 2.36. The van der Waals surface area contributed by atoms with Crippen molar-refractivity contribution in [1.29, 1.82) is 0 Å². The number of hydrogen-bond acceptors (Lipinski definition) is 2. The maximum atomic E-state index is 11.2. The molecule has 0 aromatic carbocycles. The molecule has 0 unspecified atom stereocenters. The average molecular weight is 166 g/mol. The monoisotopic (exact) mass is 166 g/mol. The molecule has 1 saturated heterocycles. The van der Waals surface area contributed by atoms with Gasteiger partial charge in [0.05, 0.1) is 5.92 Å². The number of fused-ring (bicyclic) bond motifs is 1. The molecule has 0 aromatic rings. The molecular weight excluding hydrogens is 152 g/mol. The topological polar surface area (TPSA) is 26.3 Å². The van der Waals surface area contributed by atoms with Crippen molar-refractivity contribution >= 4 is 5.97 Å². The van der Waals surface area contributed by atoms with Gasteiger partial charge in [0.1, 0.15) is 6.10 Å². The van der Waals surface area contributed by atoms with Gasteiger partial charge in [-0.15, -0.1) is 0 Å². The Hall–Kier alpha value is -0.790. The zero-order valence-corrected chi connectivity index (χ0v) is 7.54. The van der Waals surface area contributed by atoms with Gasteiger partial charge in [0, 0.05) is 0 Å². The molecule has 1 fully saturated rings. The highest BCUT2D eigenvalue weighted by molar-refractivity contribution is 5.79. The van der Waals surface area contributed by atoms with Gasteiger partial charge < -0.3 is 4.74 Å². The van der Waals surface area contributed by atoms with Crippen molar-refractivity contribution in [2.24, 2.45) is 11.8 Å². The Bertz CT molecular complexity index is 242. The summed E-state index contributed by atoms with van der Waals surface area (Å²) in [5, 5.41) is 0. The number of ether oxygens (including phenoxy) is 1. The van der Waals surface area contributed by atoms with Crippen molar-refractivity contribution in [1.82, 2.24) is 0 Å². The van der Waals surface area contributed by atoms with E-state index in [0.29, 0.717) is 5.92 Å². The van der Waals surface area contributed by atoms with Crippen LogP contribution >= 0.6 is 0 Å². The van der Waals surface area contributed by atoms with Gasteiger partial charge in [-0.1, -0.05) is 13.0 Å². The third-order valence-electron chi connectivity index (χ3n) is 2.86. The number of rotatable bonds is 0. The van der Waals surface area contributed by atoms with Crippen LogP contribution in [0.3, 0.4) is 0 Å². The zero-order valence-electron chi connectivity index (χ0n) is 7.54. The normalized spacial score (nSPS) is 40.3. The number of esters is 1. The maximum Gasteiger partial charge on any atom is 0.313 e. The molecule has 0 aromatic heterocycles. The Morgan fingerprint density at radius 2 is 2.25 bits per heavy atom. The molecule has 0 bridgehead atoms. The van der Waals surface area contributed by atoms with Crippen molar-refractivity contribution in [3.63, 3.8) is 0 Å². The lowest BCUT2D eigenvalue weighted by atomic mass is 9.85. The van der Waals surface area contributed by atoms with Crippen LogP contribution in [0.25, 0.3) is 0 Å². The first-order valence-electron chi connectivity index (χ1n) is 4.59. The van der Waals surface area contributed by atoms with Crippen LogP contribution in [-0.2, 0) is 9.53 Å². The van der Waals surface area contributed by atoms with E-state index in [1.807, 2.05) is 6.92 Å². The average Bonchev–Trinajstić information content (AvgIpc) is 2.28. The molecule has 2 aliphatic rings. The molecule has 2 heteroatoms. The molecule has 3 atom stereocenters. The van der Waals surface area contributed by atoms with Crippen LogP contribution in [-0.4, -0.2) is 12.1 Å². The van der Waals surface area contributed by atoms with Gasteiger partial charge in [-0.25, -0.2) is 0 Å². The van der Waals surface area contributed by atoms with Crippen LogP contribution in [0.4, 0.5) is 0 Å². The number of carbonyl (C=O) groups excluding carboxylic acids is 1. The van der Waals surface area contributed by atoms with E-state index in [4.69, 9.17) is 4.74 Å². The summed E-state index contributed by atoms with van der Waals surface area (Å²) in [5.74, 6) is 0.639. The molecule has 66 valence electrons.